The molecule has 0 saturated heterocycles. The van der Waals surface area contributed by atoms with Crippen LogP contribution in [0.1, 0.15) is 10.6 Å². The Hall–Kier alpha value is -1.75. The van der Waals surface area contributed by atoms with E-state index in [2.05, 4.69) is 9.97 Å². The van der Waals surface area contributed by atoms with Crippen LogP contribution in [0, 0.1) is 5.82 Å². The van der Waals surface area contributed by atoms with E-state index in [-0.39, 0.29) is 10.7 Å². The summed E-state index contributed by atoms with van der Waals surface area (Å²) in [4.78, 5) is 17.8. The second-order valence-corrected chi connectivity index (χ2v) is 3.16. The summed E-state index contributed by atoms with van der Waals surface area (Å²) in [5.41, 5.74) is 0.174. The number of hydrogen-bond donors (Lipinski definition) is 1. The van der Waals surface area contributed by atoms with Gasteiger partial charge in [-0.25, -0.2) is 19.2 Å². The van der Waals surface area contributed by atoms with E-state index in [4.69, 9.17) is 16.7 Å². The van der Waals surface area contributed by atoms with E-state index >= 15 is 0 Å². The van der Waals surface area contributed by atoms with Crippen molar-refractivity contribution in [3.63, 3.8) is 0 Å². The van der Waals surface area contributed by atoms with Crippen molar-refractivity contribution in [2.45, 2.75) is 0 Å². The number of halogens is 2. The molecule has 0 saturated carbocycles. The minimum Gasteiger partial charge on any atom is -0.475 e. The van der Waals surface area contributed by atoms with Crippen molar-refractivity contribution in [3.05, 3.63) is 35.0 Å². The van der Waals surface area contributed by atoms with Gasteiger partial charge in [0, 0.05) is 11.5 Å². The van der Waals surface area contributed by atoms with Crippen LogP contribution in [0.3, 0.4) is 0 Å². The van der Waals surface area contributed by atoms with E-state index < -0.39 is 17.6 Å². The van der Waals surface area contributed by atoms with Crippen LogP contribution in [-0.2, 0) is 0 Å². The Kier molecular flexibility index (Phi) is 2.24. The van der Waals surface area contributed by atoms with Gasteiger partial charge in [0.05, 0.1) is 5.52 Å². The highest BCUT2D eigenvalue weighted by Crippen LogP contribution is 2.20. The lowest BCUT2D eigenvalue weighted by molar-refractivity contribution is 0.0684. The van der Waals surface area contributed by atoms with Gasteiger partial charge in [0.1, 0.15) is 11.0 Å². The Morgan fingerprint density at radius 2 is 2.13 bits per heavy atom. The van der Waals surface area contributed by atoms with Gasteiger partial charge in [0.15, 0.2) is 0 Å². The maximum atomic E-state index is 12.9. The summed E-state index contributed by atoms with van der Waals surface area (Å²) in [5, 5.41) is 9.08. The third-order valence-corrected chi connectivity index (χ3v) is 2.09. The third kappa shape index (κ3) is 1.73. The van der Waals surface area contributed by atoms with E-state index in [0.717, 1.165) is 6.07 Å². The fraction of sp³-hybridized carbons (Fsp3) is 0. The number of benzene rings is 1. The van der Waals surface area contributed by atoms with E-state index in [1.807, 2.05) is 0 Å². The number of carbonyl (C=O) groups is 1. The van der Waals surface area contributed by atoms with Crippen LogP contribution in [0.2, 0.25) is 5.15 Å². The van der Waals surface area contributed by atoms with Crippen molar-refractivity contribution in [3.8, 4) is 0 Å². The average molecular weight is 227 g/mol. The number of aromatic nitrogens is 2. The number of carboxylic acids is 1. The summed E-state index contributed by atoms with van der Waals surface area (Å²) >= 11 is 5.72. The number of rotatable bonds is 1. The predicted octanol–water partition coefficient (Wildman–Crippen LogP) is 2.12. The standard InChI is InChI=1S/C9H4ClFN2O2/c10-7-5-2-1-4(11)3-6(5)12-8(13-7)9(14)15/h1-3H,(H,14,15). The van der Waals surface area contributed by atoms with Gasteiger partial charge < -0.3 is 5.11 Å². The van der Waals surface area contributed by atoms with Gasteiger partial charge in [-0.15, -0.1) is 0 Å². The lowest BCUT2D eigenvalue weighted by atomic mass is 10.2. The number of aromatic carboxylic acids is 1. The largest absolute Gasteiger partial charge is 0.475 e. The molecule has 0 radical (unpaired) electrons. The van der Waals surface area contributed by atoms with Crippen LogP contribution < -0.4 is 0 Å². The molecule has 0 aliphatic rings. The molecule has 0 aliphatic heterocycles. The van der Waals surface area contributed by atoms with Gasteiger partial charge in [-0.3, -0.25) is 0 Å². The third-order valence-electron chi connectivity index (χ3n) is 1.80. The molecule has 0 atom stereocenters. The zero-order valence-corrected chi connectivity index (χ0v) is 7.99. The minimum atomic E-state index is -1.30. The van der Waals surface area contributed by atoms with Crippen molar-refractivity contribution >= 4 is 28.5 Å². The maximum absolute atomic E-state index is 12.9. The van der Waals surface area contributed by atoms with Crippen LogP contribution in [0.15, 0.2) is 18.2 Å². The molecule has 1 aromatic carbocycles. The van der Waals surface area contributed by atoms with Crippen molar-refractivity contribution in [1.29, 1.82) is 0 Å². The lowest BCUT2D eigenvalue weighted by Crippen LogP contribution is -2.04. The highest BCUT2D eigenvalue weighted by Gasteiger charge is 2.11. The first-order chi connectivity index (χ1) is 7.08. The first-order valence-corrected chi connectivity index (χ1v) is 4.32. The molecule has 15 heavy (non-hydrogen) atoms. The lowest BCUT2D eigenvalue weighted by Gasteiger charge is -2.00. The zero-order valence-electron chi connectivity index (χ0n) is 7.24. The molecule has 2 rings (SSSR count). The Morgan fingerprint density at radius 3 is 2.80 bits per heavy atom. The van der Waals surface area contributed by atoms with Gasteiger partial charge in [-0.1, -0.05) is 11.6 Å². The highest BCUT2D eigenvalue weighted by atomic mass is 35.5. The van der Waals surface area contributed by atoms with Gasteiger partial charge in [0.2, 0.25) is 5.82 Å². The van der Waals surface area contributed by atoms with Crippen LogP contribution in [-0.4, -0.2) is 21.0 Å². The van der Waals surface area contributed by atoms with Crippen LogP contribution in [0.4, 0.5) is 4.39 Å². The molecule has 1 heterocycles. The summed E-state index contributed by atoms with van der Waals surface area (Å²) < 4.78 is 12.9. The molecule has 4 nitrogen and oxygen atoms in total. The molecule has 0 amide bonds. The van der Waals surface area contributed by atoms with Gasteiger partial charge in [0.25, 0.3) is 0 Å². The molecule has 0 spiro atoms. The fourth-order valence-corrected chi connectivity index (χ4v) is 1.40. The number of carboxylic acid groups (broad SMARTS) is 1. The molecular weight excluding hydrogens is 223 g/mol. The van der Waals surface area contributed by atoms with Gasteiger partial charge >= 0.3 is 5.97 Å². The maximum Gasteiger partial charge on any atom is 0.374 e. The molecule has 76 valence electrons. The molecular formula is C9H4ClFN2O2. The van der Waals surface area contributed by atoms with Crippen molar-refractivity contribution < 1.29 is 14.3 Å². The SMILES string of the molecule is O=C(O)c1nc(Cl)c2ccc(F)cc2n1. The number of fused-ring (bicyclic) bond motifs is 1. The monoisotopic (exact) mass is 226 g/mol. The fourth-order valence-electron chi connectivity index (χ4n) is 1.16. The first-order valence-electron chi connectivity index (χ1n) is 3.94. The minimum absolute atomic E-state index is 0.00241. The Morgan fingerprint density at radius 1 is 1.40 bits per heavy atom. The summed E-state index contributed by atoms with van der Waals surface area (Å²) in [6, 6.07) is 3.71. The molecule has 2 aromatic rings. The highest BCUT2D eigenvalue weighted by molar-refractivity contribution is 6.34. The first kappa shape index (κ1) is 9.79. The van der Waals surface area contributed by atoms with Crippen molar-refractivity contribution in [2.24, 2.45) is 0 Å². The molecule has 0 aliphatic carbocycles. The molecule has 1 aromatic heterocycles. The summed E-state index contributed by atoms with van der Waals surface area (Å²) in [6.45, 7) is 0. The van der Waals surface area contributed by atoms with Gasteiger partial charge in [-0.05, 0) is 12.1 Å². The van der Waals surface area contributed by atoms with Crippen molar-refractivity contribution in [1.82, 2.24) is 9.97 Å². The molecule has 0 bridgehead atoms. The second-order valence-electron chi connectivity index (χ2n) is 2.80. The summed E-state index contributed by atoms with van der Waals surface area (Å²) in [6.07, 6.45) is 0. The van der Waals surface area contributed by atoms with E-state index in [9.17, 15) is 9.18 Å². The Labute approximate surface area is 88.3 Å². The van der Waals surface area contributed by atoms with E-state index in [1.54, 1.807) is 0 Å². The average Bonchev–Trinajstić information content (AvgIpc) is 2.16. The Bertz CT molecular complexity index is 559. The van der Waals surface area contributed by atoms with E-state index in [1.165, 1.54) is 12.1 Å². The van der Waals surface area contributed by atoms with Crippen molar-refractivity contribution in [2.75, 3.05) is 0 Å². The van der Waals surface area contributed by atoms with Crippen LogP contribution in [0.25, 0.3) is 10.9 Å². The molecule has 0 unspecified atom stereocenters. The number of nitrogens with zero attached hydrogens (tertiary/aromatic N) is 2. The topological polar surface area (TPSA) is 63.1 Å². The second kappa shape index (κ2) is 3.43. The summed E-state index contributed by atoms with van der Waals surface area (Å²) in [5.74, 6) is -2.25. The number of hydrogen-bond acceptors (Lipinski definition) is 3. The van der Waals surface area contributed by atoms with Crippen LogP contribution in [0.5, 0.6) is 0 Å². The van der Waals surface area contributed by atoms with E-state index in [0.29, 0.717) is 5.39 Å². The van der Waals surface area contributed by atoms with Gasteiger partial charge in [-0.2, -0.15) is 0 Å². The quantitative estimate of drug-likeness (QED) is 0.757. The molecule has 1 N–H and O–H groups in total. The van der Waals surface area contributed by atoms with Crippen LogP contribution >= 0.6 is 11.6 Å². The Balaban J connectivity index is 2.79. The normalized spacial score (nSPS) is 10.5. The summed E-state index contributed by atoms with van der Waals surface area (Å²) in [7, 11) is 0. The predicted molar refractivity (Wildman–Crippen MR) is 51.5 cm³/mol. The molecule has 6 heteroatoms. The smallest absolute Gasteiger partial charge is 0.374 e. The zero-order chi connectivity index (χ0) is 11.0. The molecule has 0 fully saturated rings.